The van der Waals surface area contributed by atoms with Crippen LogP contribution in [-0.2, 0) is 19.6 Å². The number of nitrogens with zero attached hydrogens (tertiary/aromatic N) is 2. The predicted octanol–water partition coefficient (Wildman–Crippen LogP) is 2.96. The Bertz CT molecular complexity index is 1050. The van der Waals surface area contributed by atoms with Crippen molar-refractivity contribution in [3.05, 3.63) is 70.8 Å². The van der Waals surface area contributed by atoms with Crippen LogP contribution in [0.15, 0.2) is 59.5 Å². The van der Waals surface area contributed by atoms with Crippen LogP contribution < -0.4 is 0 Å². The summed E-state index contributed by atoms with van der Waals surface area (Å²) in [5.41, 5.74) is 1.85. The van der Waals surface area contributed by atoms with Crippen molar-refractivity contribution in [1.29, 1.82) is 0 Å². The van der Waals surface area contributed by atoms with E-state index in [0.29, 0.717) is 18.1 Å². The van der Waals surface area contributed by atoms with E-state index in [4.69, 9.17) is 16.3 Å². The summed E-state index contributed by atoms with van der Waals surface area (Å²) in [4.78, 5) is 14.6. The second-order valence-electron chi connectivity index (χ2n) is 7.65. The minimum absolute atomic E-state index is 0.122. The number of benzene rings is 2. The Morgan fingerprint density at radius 1 is 1.07 bits per heavy atom. The zero-order valence-corrected chi connectivity index (χ0v) is 18.1. The number of amides is 1. The van der Waals surface area contributed by atoms with Crippen molar-refractivity contribution in [2.75, 3.05) is 26.2 Å². The minimum Gasteiger partial charge on any atom is -0.369 e. The molecule has 2 aromatic carbocycles. The van der Waals surface area contributed by atoms with E-state index in [-0.39, 0.29) is 36.1 Å². The third-order valence-electron chi connectivity index (χ3n) is 5.28. The zero-order chi connectivity index (χ0) is 21.3. The van der Waals surface area contributed by atoms with Gasteiger partial charge < -0.3 is 9.64 Å². The monoisotopic (exact) mass is 446 g/mol. The number of hydrogen-bond acceptors (Lipinski definition) is 4. The summed E-state index contributed by atoms with van der Waals surface area (Å²) in [7, 11) is -3.59. The van der Waals surface area contributed by atoms with Crippen LogP contribution in [0.2, 0.25) is 5.02 Å². The molecule has 2 bridgehead atoms. The van der Waals surface area contributed by atoms with Gasteiger partial charge in [-0.05, 0) is 42.8 Å². The lowest BCUT2D eigenvalue weighted by Gasteiger charge is -2.44. The third-order valence-corrected chi connectivity index (χ3v) is 7.37. The summed E-state index contributed by atoms with van der Waals surface area (Å²) in [6, 6.07) is 14.1. The Kier molecular flexibility index (Phi) is 5.97. The van der Waals surface area contributed by atoms with Crippen LogP contribution in [0.3, 0.4) is 0 Å². The SMILES string of the molecule is Cc1ccc(S(=O)(=O)N2CC3CN(C(=O)C=Cc4cccc(Cl)c4)CC(C2)O3)cc1. The van der Waals surface area contributed by atoms with Crippen LogP contribution in [0.25, 0.3) is 6.08 Å². The molecule has 4 rings (SSSR count). The molecule has 2 aromatic rings. The molecule has 2 saturated heterocycles. The van der Waals surface area contributed by atoms with Crippen LogP contribution >= 0.6 is 11.6 Å². The number of ether oxygens (including phenoxy) is 1. The lowest BCUT2D eigenvalue weighted by molar-refractivity contribution is -0.150. The smallest absolute Gasteiger partial charge is 0.246 e. The molecule has 0 saturated carbocycles. The van der Waals surface area contributed by atoms with E-state index >= 15 is 0 Å². The highest BCUT2D eigenvalue weighted by Gasteiger charge is 2.40. The fourth-order valence-electron chi connectivity index (χ4n) is 3.77. The van der Waals surface area contributed by atoms with E-state index in [1.165, 1.54) is 10.4 Å². The van der Waals surface area contributed by atoms with E-state index in [1.54, 1.807) is 47.4 Å². The van der Waals surface area contributed by atoms with Crippen molar-refractivity contribution < 1.29 is 17.9 Å². The molecular formula is C22H23ClN2O4S. The molecule has 2 unspecified atom stereocenters. The second kappa shape index (κ2) is 8.51. The number of fused-ring (bicyclic) bond motifs is 2. The minimum atomic E-state index is -3.59. The van der Waals surface area contributed by atoms with Crippen LogP contribution in [0.1, 0.15) is 11.1 Å². The van der Waals surface area contributed by atoms with Gasteiger partial charge in [-0.2, -0.15) is 4.31 Å². The number of aryl methyl sites for hydroxylation is 1. The van der Waals surface area contributed by atoms with Crippen LogP contribution in [0.5, 0.6) is 0 Å². The molecule has 0 radical (unpaired) electrons. The number of morpholine rings is 2. The molecule has 0 N–H and O–H groups in total. The lowest BCUT2D eigenvalue weighted by atomic mass is 10.1. The Morgan fingerprint density at radius 2 is 1.73 bits per heavy atom. The van der Waals surface area contributed by atoms with Gasteiger partial charge in [-0.1, -0.05) is 41.4 Å². The van der Waals surface area contributed by atoms with Crippen LogP contribution in [0.4, 0.5) is 0 Å². The topological polar surface area (TPSA) is 66.9 Å². The summed E-state index contributed by atoms with van der Waals surface area (Å²) in [6.45, 7) is 3.09. The highest BCUT2D eigenvalue weighted by molar-refractivity contribution is 7.89. The Balaban J connectivity index is 1.42. The number of halogens is 1. The normalized spacial score (nSPS) is 22.4. The molecule has 2 fully saturated rings. The van der Waals surface area contributed by atoms with Gasteiger partial charge in [-0.15, -0.1) is 0 Å². The van der Waals surface area contributed by atoms with Gasteiger partial charge >= 0.3 is 0 Å². The van der Waals surface area contributed by atoms with Crippen molar-refractivity contribution in [3.63, 3.8) is 0 Å². The number of hydrogen-bond donors (Lipinski definition) is 0. The van der Waals surface area contributed by atoms with Gasteiger partial charge in [-0.25, -0.2) is 8.42 Å². The standard InChI is InChI=1S/C22H23ClN2O4S/c1-16-5-8-21(9-6-16)30(27,28)25-14-19-12-24(13-20(15-25)29-19)22(26)10-7-17-3-2-4-18(23)11-17/h2-11,19-20H,12-15H2,1H3. The summed E-state index contributed by atoms with van der Waals surface area (Å²) in [6.07, 6.45) is 2.56. The highest BCUT2D eigenvalue weighted by atomic mass is 35.5. The third kappa shape index (κ3) is 4.59. The summed E-state index contributed by atoms with van der Waals surface area (Å²) in [5, 5.41) is 0.611. The van der Waals surface area contributed by atoms with Crippen molar-refractivity contribution in [2.24, 2.45) is 0 Å². The van der Waals surface area contributed by atoms with Crippen LogP contribution in [-0.4, -0.2) is 61.9 Å². The van der Waals surface area contributed by atoms with Crippen molar-refractivity contribution >= 4 is 33.6 Å². The van der Waals surface area contributed by atoms with Gasteiger partial charge in [0.25, 0.3) is 0 Å². The molecule has 8 heteroatoms. The second-order valence-corrected chi connectivity index (χ2v) is 10.0. The molecule has 0 aromatic heterocycles. The maximum absolute atomic E-state index is 13.0. The highest BCUT2D eigenvalue weighted by Crippen LogP contribution is 2.25. The number of rotatable bonds is 4. The average Bonchev–Trinajstić information content (AvgIpc) is 2.71. The zero-order valence-electron chi connectivity index (χ0n) is 16.6. The van der Waals surface area contributed by atoms with E-state index in [0.717, 1.165) is 11.1 Å². The molecule has 158 valence electrons. The van der Waals surface area contributed by atoms with Crippen LogP contribution in [0, 0.1) is 6.92 Å². The largest absolute Gasteiger partial charge is 0.369 e. The lowest BCUT2D eigenvalue weighted by Crippen LogP contribution is -2.61. The molecule has 2 heterocycles. The summed E-state index contributed by atoms with van der Waals surface area (Å²) < 4.78 is 33.4. The predicted molar refractivity (Wildman–Crippen MR) is 116 cm³/mol. The first-order valence-corrected chi connectivity index (χ1v) is 11.6. The molecule has 1 amide bonds. The number of carbonyl (C=O) groups excluding carboxylic acids is 1. The van der Waals surface area contributed by atoms with Gasteiger partial charge in [0.1, 0.15) is 0 Å². The van der Waals surface area contributed by atoms with Gasteiger partial charge in [0.2, 0.25) is 15.9 Å². The Labute approximate surface area is 181 Å². The van der Waals surface area contributed by atoms with E-state index < -0.39 is 10.0 Å². The maximum atomic E-state index is 13.0. The molecule has 2 atom stereocenters. The van der Waals surface area contributed by atoms with Crippen molar-refractivity contribution in [2.45, 2.75) is 24.0 Å². The van der Waals surface area contributed by atoms with E-state index in [2.05, 4.69) is 0 Å². The molecule has 6 nitrogen and oxygen atoms in total. The molecule has 30 heavy (non-hydrogen) atoms. The first-order chi connectivity index (χ1) is 14.3. The molecule has 0 spiro atoms. The Morgan fingerprint density at radius 3 is 2.37 bits per heavy atom. The van der Waals surface area contributed by atoms with Gasteiger partial charge in [-0.3, -0.25) is 4.79 Å². The fraction of sp³-hybridized carbons (Fsp3) is 0.318. The average molecular weight is 447 g/mol. The molecule has 2 aliphatic rings. The first-order valence-electron chi connectivity index (χ1n) is 9.76. The van der Waals surface area contributed by atoms with Crippen molar-refractivity contribution in [1.82, 2.24) is 9.21 Å². The maximum Gasteiger partial charge on any atom is 0.246 e. The van der Waals surface area contributed by atoms with E-state index in [1.807, 2.05) is 19.1 Å². The molecule has 0 aliphatic carbocycles. The number of sulfonamides is 1. The summed E-state index contributed by atoms with van der Waals surface area (Å²) >= 11 is 5.98. The summed E-state index contributed by atoms with van der Waals surface area (Å²) in [5.74, 6) is -0.122. The first kappa shape index (κ1) is 21.1. The van der Waals surface area contributed by atoms with Gasteiger partial charge in [0.05, 0.1) is 17.1 Å². The molecule has 2 aliphatic heterocycles. The fourth-order valence-corrected chi connectivity index (χ4v) is 5.48. The Hall–Kier alpha value is -2.19. The van der Waals surface area contributed by atoms with Gasteiger partial charge in [0.15, 0.2) is 0 Å². The molecular weight excluding hydrogens is 424 g/mol. The number of carbonyl (C=O) groups is 1. The van der Waals surface area contributed by atoms with Gasteiger partial charge in [0, 0.05) is 37.3 Å². The van der Waals surface area contributed by atoms with Crippen molar-refractivity contribution in [3.8, 4) is 0 Å². The van der Waals surface area contributed by atoms with E-state index in [9.17, 15) is 13.2 Å². The quantitative estimate of drug-likeness (QED) is 0.677.